The molecule has 9 heteroatoms. The van der Waals surface area contributed by atoms with Crippen molar-refractivity contribution >= 4 is 5.97 Å². The normalized spacial score (nSPS) is 14.4. The summed E-state index contributed by atoms with van der Waals surface area (Å²) in [5.74, 6) is -13.3. The van der Waals surface area contributed by atoms with Gasteiger partial charge in [0.15, 0.2) is 0 Å². The molecule has 16 heavy (non-hydrogen) atoms. The fraction of sp³-hybridized carbons (Fsp3) is 0.571. The smallest absolute Gasteiger partial charge is 0.459 e. The summed E-state index contributed by atoms with van der Waals surface area (Å²) < 4.78 is 83.9. The van der Waals surface area contributed by atoms with Crippen LogP contribution in [0.2, 0.25) is 0 Å². The average molecular weight is 254 g/mol. The quantitative estimate of drug-likeness (QED) is 0.618. The van der Waals surface area contributed by atoms with Gasteiger partial charge in [0.2, 0.25) is 0 Å². The second-order valence-electron chi connectivity index (χ2n) is 2.72. The largest absolute Gasteiger partial charge is 0.478 e. The molecule has 0 amide bonds. The number of carbonyl (C=O) groups is 1. The SMILES string of the molecule is O=C(O)C=CCC(F)(F)C(F)(F)C(F)(F)F. The third-order valence-corrected chi connectivity index (χ3v) is 1.45. The number of halogens is 7. The molecule has 0 aliphatic carbocycles. The van der Waals surface area contributed by atoms with E-state index < -0.39 is 30.4 Å². The molecule has 0 atom stereocenters. The molecule has 0 aromatic rings. The molecule has 0 unspecified atom stereocenters. The van der Waals surface area contributed by atoms with Gasteiger partial charge < -0.3 is 5.11 Å². The fourth-order valence-electron chi connectivity index (χ4n) is 0.643. The van der Waals surface area contributed by atoms with Crippen molar-refractivity contribution in [3.05, 3.63) is 12.2 Å². The van der Waals surface area contributed by atoms with Crippen LogP contribution in [0.5, 0.6) is 0 Å². The van der Waals surface area contributed by atoms with Crippen molar-refractivity contribution in [2.75, 3.05) is 0 Å². The van der Waals surface area contributed by atoms with E-state index in [2.05, 4.69) is 0 Å². The Hall–Kier alpha value is -1.28. The van der Waals surface area contributed by atoms with Crippen molar-refractivity contribution in [2.24, 2.45) is 0 Å². The zero-order chi connectivity index (χ0) is 13.2. The summed E-state index contributed by atoms with van der Waals surface area (Å²) in [5.41, 5.74) is 0. The minimum absolute atomic E-state index is 0.0297. The van der Waals surface area contributed by atoms with E-state index in [9.17, 15) is 35.5 Å². The third kappa shape index (κ3) is 3.11. The highest BCUT2D eigenvalue weighted by Crippen LogP contribution is 2.48. The Morgan fingerprint density at radius 2 is 1.50 bits per heavy atom. The number of hydrogen-bond donors (Lipinski definition) is 1. The number of carboxylic acids is 1. The number of aliphatic carboxylic acids is 1. The van der Waals surface area contributed by atoms with E-state index in [0.29, 0.717) is 0 Å². The van der Waals surface area contributed by atoms with Gasteiger partial charge in [0.05, 0.1) is 0 Å². The summed E-state index contributed by atoms with van der Waals surface area (Å²) >= 11 is 0. The molecule has 0 aromatic carbocycles. The number of alkyl halides is 7. The summed E-state index contributed by atoms with van der Waals surface area (Å²) in [7, 11) is 0. The van der Waals surface area contributed by atoms with E-state index in [-0.39, 0.29) is 12.2 Å². The lowest BCUT2D eigenvalue weighted by molar-refractivity contribution is -0.353. The van der Waals surface area contributed by atoms with Gasteiger partial charge in [0.25, 0.3) is 0 Å². The Morgan fingerprint density at radius 3 is 1.81 bits per heavy atom. The van der Waals surface area contributed by atoms with Gasteiger partial charge in [-0.1, -0.05) is 6.08 Å². The molecular weight excluding hydrogens is 249 g/mol. The van der Waals surface area contributed by atoms with Crippen molar-refractivity contribution in [2.45, 2.75) is 24.4 Å². The second kappa shape index (κ2) is 4.30. The van der Waals surface area contributed by atoms with E-state index in [1.165, 1.54) is 0 Å². The van der Waals surface area contributed by atoms with Crippen LogP contribution in [0.1, 0.15) is 6.42 Å². The van der Waals surface area contributed by atoms with Gasteiger partial charge in [-0.05, 0) is 0 Å². The van der Waals surface area contributed by atoms with Crippen LogP contribution in [-0.2, 0) is 4.79 Å². The highest BCUT2D eigenvalue weighted by molar-refractivity contribution is 5.79. The fourth-order valence-corrected chi connectivity index (χ4v) is 0.643. The van der Waals surface area contributed by atoms with Crippen molar-refractivity contribution in [3.8, 4) is 0 Å². The molecule has 0 radical (unpaired) electrons. The van der Waals surface area contributed by atoms with E-state index >= 15 is 0 Å². The monoisotopic (exact) mass is 254 g/mol. The van der Waals surface area contributed by atoms with E-state index in [4.69, 9.17) is 5.11 Å². The predicted molar refractivity (Wildman–Crippen MR) is 37.3 cm³/mol. The van der Waals surface area contributed by atoms with E-state index in [0.717, 1.165) is 0 Å². The Bertz CT molecular complexity index is 292. The lowest BCUT2D eigenvalue weighted by atomic mass is 10.1. The topological polar surface area (TPSA) is 37.3 Å². The average Bonchev–Trinajstić information content (AvgIpc) is 2.00. The van der Waals surface area contributed by atoms with Crippen LogP contribution in [-0.4, -0.2) is 29.1 Å². The highest BCUT2D eigenvalue weighted by Gasteiger charge is 2.72. The Balaban J connectivity index is 4.85. The Kier molecular flexibility index (Phi) is 3.96. The molecule has 0 aliphatic rings. The lowest BCUT2D eigenvalue weighted by Crippen LogP contribution is -2.51. The van der Waals surface area contributed by atoms with Crippen LogP contribution in [0.25, 0.3) is 0 Å². The van der Waals surface area contributed by atoms with Gasteiger partial charge in [0.1, 0.15) is 0 Å². The number of carboxylic acid groups (broad SMARTS) is 1. The molecule has 94 valence electrons. The molecule has 0 bridgehead atoms. The predicted octanol–water partition coefficient (Wildman–Crippen LogP) is 2.85. The van der Waals surface area contributed by atoms with Gasteiger partial charge in [-0.2, -0.15) is 30.7 Å². The molecular formula is C7H5F7O2. The summed E-state index contributed by atoms with van der Waals surface area (Å²) in [6.07, 6.45) is -8.33. The van der Waals surface area contributed by atoms with Gasteiger partial charge >= 0.3 is 24.0 Å². The van der Waals surface area contributed by atoms with Gasteiger partial charge in [-0.3, -0.25) is 0 Å². The summed E-state index contributed by atoms with van der Waals surface area (Å²) in [6, 6.07) is 0. The van der Waals surface area contributed by atoms with Crippen LogP contribution in [0.15, 0.2) is 12.2 Å². The molecule has 0 aromatic heterocycles. The highest BCUT2D eigenvalue weighted by atomic mass is 19.4. The zero-order valence-electron chi connectivity index (χ0n) is 7.36. The molecule has 0 spiro atoms. The van der Waals surface area contributed by atoms with Crippen LogP contribution in [0.4, 0.5) is 30.7 Å². The molecule has 0 rings (SSSR count). The lowest BCUT2D eigenvalue weighted by Gasteiger charge is -2.27. The van der Waals surface area contributed by atoms with Crippen molar-refractivity contribution in [3.63, 3.8) is 0 Å². The van der Waals surface area contributed by atoms with E-state index in [1.807, 2.05) is 0 Å². The summed E-state index contributed by atoms with van der Waals surface area (Å²) in [4.78, 5) is 9.79. The van der Waals surface area contributed by atoms with E-state index in [1.54, 1.807) is 0 Å². The first kappa shape index (κ1) is 14.7. The second-order valence-corrected chi connectivity index (χ2v) is 2.72. The molecule has 0 saturated carbocycles. The Labute approximate surface area is 84.4 Å². The van der Waals surface area contributed by atoms with Crippen molar-refractivity contribution in [1.29, 1.82) is 0 Å². The van der Waals surface area contributed by atoms with Gasteiger partial charge in [-0.25, -0.2) is 4.79 Å². The maximum Gasteiger partial charge on any atom is 0.459 e. The molecule has 0 saturated heterocycles. The number of allylic oxidation sites excluding steroid dienone is 1. The Morgan fingerprint density at radius 1 is 1.06 bits per heavy atom. The van der Waals surface area contributed by atoms with Gasteiger partial charge in [-0.15, -0.1) is 0 Å². The van der Waals surface area contributed by atoms with Crippen LogP contribution < -0.4 is 0 Å². The summed E-state index contributed by atoms with van der Waals surface area (Å²) in [5, 5.41) is 7.93. The molecule has 0 fully saturated rings. The van der Waals surface area contributed by atoms with Crippen LogP contribution in [0.3, 0.4) is 0 Å². The first-order valence-corrected chi connectivity index (χ1v) is 3.63. The minimum Gasteiger partial charge on any atom is -0.478 e. The molecule has 1 N–H and O–H groups in total. The molecule has 2 nitrogen and oxygen atoms in total. The maximum atomic E-state index is 12.4. The summed E-state index contributed by atoms with van der Waals surface area (Å²) in [6.45, 7) is 0. The van der Waals surface area contributed by atoms with Crippen molar-refractivity contribution in [1.82, 2.24) is 0 Å². The van der Waals surface area contributed by atoms with Crippen LogP contribution in [0, 0.1) is 0 Å². The number of rotatable bonds is 4. The third-order valence-electron chi connectivity index (χ3n) is 1.45. The van der Waals surface area contributed by atoms with Gasteiger partial charge in [0, 0.05) is 12.5 Å². The maximum absolute atomic E-state index is 12.4. The zero-order valence-corrected chi connectivity index (χ0v) is 7.36. The molecule has 0 aliphatic heterocycles. The molecule has 0 heterocycles. The standard InChI is InChI=1S/C7H5F7O2/c8-5(9,3-1-2-4(15)16)6(10,11)7(12,13)14/h1-2H,3H2,(H,15,16). The van der Waals surface area contributed by atoms with Crippen molar-refractivity contribution < 1.29 is 40.6 Å². The first-order valence-electron chi connectivity index (χ1n) is 3.63. The minimum atomic E-state index is -6.40. The number of hydrogen-bond acceptors (Lipinski definition) is 1. The first-order chi connectivity index (χ1) is 6.92. The van der Waals surface area contributed by atoms with Crippen LogP contribution >= 0.6 is 0 Å².